The Bertz CT molecular complexity index is 227. The summed E-state index contributed by atoms with van der Waals surface area (Å²) in [5, 5.41) is 9.20. The molecule has 1 heterocycles. The lowest BCUT2D eigenvalue weighted by atomic mass is 10.1. The minimum atomic E-state index is -0.411. The van der Waals surface area contributed by atoms with E-state index < -0.39 is 6.04 Å². The summed E-state index contributed by atoms with van der Waals surface area (Å²) < 4.78 is 0. The summed E-state index contributed by atoms with van der Waals surface area (Å²) in [5.41, 5.74) is 5.57. The number of hydrogen-bond donors (Lipinski definition) is 2. The molecule has 1 saturated heterocycles. The van der Waals surface area contributed by atoms with Gasteiger partial charge in [-0.2, -0.15) is 0 Å². The fourth-order valence-corrected chi connectivity index (χ4v) is 2.10. The molecule has 1 amide bonds. The second kappa shape index (κ2) is 7.87. The van der Waals surface area contributed by atoms with Gasteiger partial charge in [0.2, 0.25) is 5.91 Å². The van der Waals surface area contributed by atoms with Crippen molar-refractivity contribution in [1.82, 2.24) is 9.80 Å². The first-order chi connectivity index (χ1) is 7.60. The van der Waals surface area contributed by atoms with Crippen LogP contribution in [-0.4, -0.2) is 65.7 Å². The highest BCUT2D eigenvalue weighted by molar-refractivity contribution is 5.85. The number of amides is 1. The van der Waals surface area contributed by atoms with Crippen LogP contribution in [0.5, 0.6) is 0 Å². The Balaban J connectivity index is 0.00000256. The van der Waals surface area contributed by atoms with Gasteiger partial charge in [0, 0.05) is 32.2 Å². The van der Waals surface area contributed by atoms with Crippen molar-refractivity contribution in [2.75, 3.05) is 32.8 Å². The lowest BCUT2D eigenvalue weighted by molar-refractivity contribution is -0.134. The monoisotopic (exact) mass is 265 g/mol. The Morgan fingerprint density at radius 1 is 1.35 bits per heavy atom. The summed E-state index contributed by atoms with van der Waals surface area (Å²) in [6.07, 6.45) is 0.942. The van der Waals surface area contributed by atoms with Crippen LogP contribution in [-0.2, 0) is 4.79 Å². The third kappa shape index (κ3) is 4.43. The van der Waals surface area contributed by atoms with Gasteiger partial charge in [-0.1, -0.05) is 6.92 Å². The third-order valence-corrected chi connectivity index (χ3v) is 3.21. The number of halogens is 1. The molecule has 0 aromatic rings. The van der Waals surface area contributed by atoms with Crippen LogP contribution in [0.1, 0.15) is 20.3 Å². The molecule has 2 atom stereocenters. The van der Waals surface area contributed by atoms with E-state index in [0.29, 0.717) is 0 Å². The highest BCUT2D eigenvalue weighted by Gasteiger charge is 2.25. The molecule has 17 heavy (non-hydrogen) atoms. The maximum Gasteiger partial charge on any atom is 0.239 e. The van der Waals surface area contributed by atoms with Gasteiger partial charge in [0.05, 0.1) is 12.6 Å². The van der Waals surface area contributed by atoms with Gasteiger partial charge < -0.3 is 15.7 Å². The van der Waals surface area contributed by atoms with Crippen LogP contribution in [0.2, 0.25) is 0 Å². The first-order valence-corrected chi connectivity index (χ1v) is 5.99. The summed E-state index contributed by atoms with van der Waals surface area (Å²) in [6.45, 7) is 7.08. The molecule has 1 rings (SSSR count). The Morgan fingerprint density at radius 2 is 1.88 bits per heavy atom. The average molecular weight is 266 g/mol. The van der Waals surface area contributed by atoms with E-state index in [1.165, 1.54) is 0 Å². The number of hydrogen-bond acceptors (Lipinski definition) is 4. The van der Waals surface area contributed by atoms with Gasteiger partial charge in [-0.3, -0.25) is 9.69 Å². The molecule has 0 aromatic heterocycles. The molecule has 1 fully saturated rings. The van der Waals surface area contributed by atoms with Gasteiger partial charge >= 0.3 is 0 Å². The van der Waals surface area contributed by atoms with E-state index in [0.717, 1.165) is 32.6 Å². The number of piperazine rings is 1. The van der Waals surface area contributed by atoms with Crippen LogP contribution in [0.4, 0.5) is 0 Å². The molecule has 1 aliphatic heterocycles. The predicted molar refractivity (Wildman–Crippen MR) is 70.2 cm³/mol. The molecule has 2 unspecified atom stereocenters. The highest BCUT2D eigenvalue weighted by atomic mass is 35.5. The van der Waals surface area contributed by atoms with E-state index in [9.17, 15) is 9.90 Å². The fraction of sp³-hybridized carbons (Fsp3) is 0.909. The van der Waals surface area contributed by atoms with Crippen molar-refractivity contribution in [3.8, 4) is 0 Å². The maximum absolute atomic E-state index is 11.6. The van der Waals surface area contributed by atoms with E-state index in [1.807, 2.05) is 4.90 Å². The molecule has 1 aliphatic rings. The molecular weight excluding hydrogens is 242 g/mol. The van der Waals surface area contributed by atoms with Crippen LogP contribution in [0.25, 0.3) is 0 Å². The molecule has 0 spiro atoms. The SMILES string of the molecule is CCC(CO)N1CCN(C(=O)C(C)N)CC1.Cl. The molecule has 3 N–H and O–H groups in total. The third-order valence-electron chi connectivity index (χ3n) is 3.21. The largest absolute Gasteiger partial charge is 0.395 e. The Labute approximate surface area is 109 Å². The van der Waals surface area contributed by atoms with Crippen LogP contribution in [0.3, 0.4) is 0 Å². The van der Waals surface area contributed by atoms with Gasteiger partial charge in [-0.05, 0) is 13.3 Å². The summed E-state index contributed by atoms with van der Waals surface area (Å²) in [7, 11) is 0. The number of carbonyl (C=O) groups is 1. The lowest BCUT2D eigenvalue weighted by Gasteiger charge is -2.38. The molecule has 0 aliphatic carbocycles. The van der Waals surface area contributed by atoms with Crippen LogP contribution in [0.15, 0.2) is 0 Å². The van der Waals surface area contributed by atoms with Gasteiger partial charge in [0.25, 0.3) is 0 Å². The first kappa shape index (κ1) is 16.6. The number of rotatable bonds is 4. The van der Waals surface area contributed by atoms with Crippen molar-refractivity contribution >= 4 is 18.3 Å². The minimum absolute atomic E-state index is 0. The molecule has 102 valence electrons. The Hall–Kier alpha value is -0.360. The number of nitrogens with zero attached hydrogens (tertiary/aromatic N) is 2. The van der Waals surface area contributed by atoms with E-state index in [1.54, 1.807) is 6.92 Å². The van der Waals surface area contributed by atoms with Crippen molar-refractivity contribution in [1.29, 1.82) is 0 Å². The predicted octanol–water partition coefficient (Wildman–Crippen LogP) is -0.329. The van der Waals surface area contributed by atoms with Crippen molar-refractivity contribution in [2.45, 2.75) is 32.4 Å². The number of carbonyl (C=O) groups excluding carboxylic acids is 1. The van der Waals surface area contributed by atoms with E-state index in [2.05, 4.69) is 11.8 Å². The molecule has 0 aromatic carbocycles. The number of aliphatic hydroxyl groups is 1. The van der Waals surface area contributed by atoms with E-state index in [-0.39, 0.29) is 31.0 Å². The fourth-order valence-electron chi connectivity index (χ4n) is 2.10. The Morgan fingerprint density at radius 3 is 2.24 bits per heavy atom. The van der Waals surface area contributed by atoms with E-state index >= 15 is 0 Å². The number of nitrogens with two attached hydrogens (primary N) is 1. The van der Waals surface area contributed by atoms with Crippen LogP contribution < -0.4 is 5.73 Å². The normalized spacial score (nSPS) is 20.6. The van der Waals surface area contributed by atoms with E-state index in [4.69, 9.17) is 5.73 Å². The zero-order chi connectivity index (χ0) is 12.1. The molecule has 0 bridgehead atoms. The average Bonchev–Trinajstić information content (AvgIpc) is 2.30. The molecule has 0 radical (unpaired) electrons. The van der Waals surface area contributed by atoms with Gasteiger partial charge in [-0.15, -0.1) is 12.4 Å². The lowest BCUT2D eigenvalue weighted by Crippen LogP contribution is -2.55. The zero-order valence-electron chi connectivity index (χ0n) is 10.6. The molecule has 6 heteroatoms. The summed E-state index contributed by atoms with van der Waals surface area (Å²) in [6, 6.07) is -0.182. The smallest absolute Gasteiger partial charge is 0.239 e. The van der Waals surface area contributed by atoms with Gasteiger partial charge in [0.1, 0.15) is 0 Å². The van der Waals surface area contributed by atoms with Gasteiger partial charge in [0.15, 0.2) is 0 Å². The van der Waals surface area contributed by atoms with Crippen molar-refractivity contribution in [2.24, 2.45) is 5.73 Å². The quantitative estimate of drug-likeness (QED) is 0.730. The zero-order valence-corrected chi connectivity index (χ0v) is 11.4. The highest BCUT2D eigenvalue weighted by Crippen LogP contribution is 2.09. The first-order valence-electron chi connectivity index (χ1n) is 5.99. The standard InChI is InChI=1S/C11H23N3O2.ClH/c1-3-10(8-15)13-4-6-14(7-5-13)11(16)9(2)12;/h9-10,15H,3-8,12H2,1-2H3;1H. The van der Waals surface area contributed by atoms with Gasteiger partial charge in [-0.25, -0.2) is 0 Å². The number of aliphatic hydroxyl groups excluding tert-OH is 1. The van der Waals surface area contributed by atoms with Crippen LogP contribution in [0, 0.1) is 0 Å². The molecular formula is C11H24ClN3O2. The minimum Gasteiger partial charge on any atom is -0.395 e. The maximum atomic E-state index is 11.6. The van der Waals surface area contributed by atoms with Crippen molar-refractivity contribution < 1.29 is 9.90 Å². The summed E-state index contributed by atoms with van der Waals surface area (Å²) in [5.74, 6) is 0.0247. The second-order valence-electron chi connectivity index (χ2n) is 4.39. The summed E-state index contributed by atoms with van der Waals surface area (Å²) in [4.78, 5) is 15.7. The van der Waals surface area contributed by atoms with Crippen molar-refractivity contribution in [3.05, 3.63) is 0 Å². The molecule has 5 nitrogen and oxygen atoms in total. The second-order valence-corrected chi connectivity index (χ2v) is 4.39. The van der Waals surface area contributed by atoms with Crippen molar-refractivity contribution in [3.63, 3.8) is 0 Å². The van der Waals surface area contributed by atoms with Crippen LogP contribution >= 0.6 is 12.4 Å². The topological polar surface area (TPSA) is 69.8 Å². The Kier molecular flexibility index (Phi) is 7.70. The summed E-state index contributed by atoms with van der Waals surface area (Å²) >= 11 is 0. The molecule has 0 saturated carbocycles.